The fourth-order valence-electron chi connectivity index (χ4n) is 4.48. The van der Waals surface area contributed by atoms with Gasteiger partial charge >= 0.3 is 11.8 Å². The number of carbonyl (C=O) groups is 2. The third-order valence-corrected chi connectivity index (χ3v) is 6.46. The third-order valence-electron chi connectivity index (χ3n) is 6.46. The average molecular weight is 472 g/mol. The molecular weight excluding hydrogens is 442 g/mol. The van der Waals surface area contributed by atoms with Gasteiger partial charge in [0.05, 0.1) is 0 Å². The standard InChI is InChI=1S/C28H29N3O4/c32-27(28(33)30-17-21-9-12-25-26(16-21)35-19-34-25)29-14-3-4-20-7-10-24(11-8-20)31-15-13-22-5-1-2-6-23(22)18-31/h1-2,5-12,16H,3-4,13-15,17-19H2,(H,29,32)(H,30,33). The third kappa shape index (κ3) is 5.57. The van der Waals surface area contributed by atoms with Gasteiger partial charge in [-0.1, -0.05) is 42.5 Å². The predicted molar refractivity (Wildman–Crippen MR) is 133 cm³/mol. The van der Waals surface area contributed by atoms with E-state index in [9.17, 15) is 9.59 Å². The summed E-state index contributed by atoms with van der Waals surface area (Å²) < 4.78 is 10.6. The van der Waals surface area contributed by atoms with Crippen LogP contribution in [0.4, 0.5) is 5.69 Å². The highest BCUT2D eigenvalue weighted by atomic mass is 16.7. The number of ether oxygens (including phenoxy) is 2. The maximum atomic E-state index is 12.1. The Morgan fingerprint density at radius 3 is 2.43 bits per heavy atom. The van der Waals surface area contributed by atoms with Crippen molar-refractivity contribution in [2.75, 3.05) is 24.8 Å². The van der Waals surface area contributed by atoms with Crippen molar-refractivity contribution in [1.82, 2.24) is 10.6 Å². The molecule has 3 aromatic carbocycles. The zero-order valence-electron chi connectivity index (χ0n) is 19.6. The van der Waals surface area contributed by atoms with E-state index in [0.717, 1.165) is 37.9 Å². The zero-order valence-corrected chi connectivity index (χ0v) is 19.6. The molecule has 0 aliphatic carbocycles. The van der Waals surface area contributed by atoms with Crippen LogP contribution in [0.1, 0.15) is 28.7 Å². The lowest BCUT2D eigenvalue weighted by Gasteiger charge is -2.30. The fraction of sp³-hybridized carbons (Fsp3) is 0.286. The van der Waals surface area contributed by atoms with Crippen LogP contribution in [0.25, 0.3) is 0 Å². The second kappa shape index (κ2) is 10.5. The van der Waals surface area contributed by atoms with Crippen molar-refractivity contribution in [2.24, 2.45) is 0 Å². The molecule has 7 heteroatoms. The van der Waals surface area contributed by atoms with Gasteiger partial charge in [0.2, 0.25) is 6.79 Å². The number of amides is 2. The minimum Gasteiger partial charge on any atom is -0.454 e. The molecular formula is C28H29N3O4. The van der Waals surface area contributed by atoms with Crippen LogP contribution in [-0.2, 0) is 35.5 Å². The van der Waals surface area contributed by atoms with Crippen LogP contribution < -0.4 is 25.0 Å². The summed E-state index contributed by atoms with van der Waals surface area (Å²) in [5.74, 6) is 0.0711. The first-order chi connectivity index (χ1) is 17.2. The van der Waals surface area contributed by atoms with E-state index in [1.165, 1.54) is 22.4 Å². The number of aryl methyl sites for hydroxylation is 1. The van der Waals surface area contributed by atoms with Gasteiger partial charge in [-0.05, 0) is 65.8 Å². The maximum Gasteiger partial charge on any atom is 0.309 e. The summed E-state index contributed by atoms with van der Waals surface area (Å²) in [6.07, 6.45) is 2.67. The monoisotopic (exact) mass is 471 g/mol. The number of hydrogen-bond donors (Lipinski definition) is 2. The van der Waals surface area contributed by atoms with E-state index in [2.05, 4.69) is 64.1 Å². The molecule has 0 saturated carbocycles. The van der Waals surface area contributed by atoms with E-state index >= 15 is 0 Å². The Kier molecular flexibility index (Phi) is 6.84. The van der Waals surface area contributed by atoms with Gasteiger partial charge in [0.1, 0.15) is 0 Å². The molecule has 0 fully saturated rings. The highest BCUT2D eigenvalue weighted by Gasteiger charge is 2.17. The Balaban J connectivity index is 1.02. The van der Waals surface area contributed by atoms with Crippen molar-refractivity contribution in [3.05, 3.63) is 89.0 Å². The molecule has 0 unspecified atom stereocenters. The number of fused-ring (bicyclic) bond motifs is 2. The van der Waals surface area contributed by atoms with Crippen molar-refractivity contribution in [3.8, 4) is 11.5 Å². The van der Waals surface area contributed by atoms with Gasteiger partial charge in [-0.2, -0.15) is 0 Å². The van der Waals surface area contributed by atoms with Crippen molar-refractivity contribution in [1.29, 1.82) is 0 Å². The van der Waals surface area contributed by atoms with Crippen LogP contribution >= 0.6 is 0 Å². The molecule has 3 aromatic rings. The fourth-order valence-corrected chi connectivity index (χ4v) is 4.48. The SMILES string of the molecule is O=C(NCCCc1ccc(N2CCc3ccccc3C2)cc1)C(=O)NCc1ccc2c(c1)OCO2. The van der Waals surface area contributed by atoms with Crippen LogP contribution in [0.15, 0.2) is 66.7 Å². The largest absolute Gasteiger partial charge is 0.454 e. The molecule has 0 radical (unpaired) electrons. The van der Waals surface area contributed by atoms with Gasteiger partial charge in [0.15, 0.2) is 11.5 Å². The first-order valence-electron chi connectivity index (χ1n) is 12.0. The van der Waals surface area contributed by atoms with E-state index in [-0.39, 0.29) is 13.3 Å². The Bertz CT molecular complexity index is 1210. The predicted octanol–water partition coefficient (Wildman–Crippen LogP) is 3.34. The van der Waals surface area contributed by atoms with Crippen molar-refractivity contribution < 1.29 is 19.1 Å². The van der Waals surface area contributed by atoms with Crippen molar-refractivity contribution in [3.63, 3.8) is 0 Å². The quantitative estimate of drug-likeness (QED) is 0.408. The number of nitrogens with one attached hydrogen (secondary N) is 2. The Hall–Kier alpha value is -4.00. The Labute approximate surface area is 205 Å². The summed E-state index contributed by atoms with van der Waals surface area (Å²) in [7, 11) is 0. The summed E-state index contributed by atoms with van der Waals surface area (Å²) in [6.45, 7) is 2.86. The molecule has 0 aromatic heterocycles. The van der Waals surface area contributed by atoms with E-state index in [1.807, 2.05) is 6.07 Å². The van der Waals surface area contributed by atoms with Gasteiger partial charge < -0.3 is 25.0 Å². The first-order valence-corrected chi connectivity index (χ1v) is 12.0. The summed E-state index contributed by atoms with van der Waals surface area (Å²) >= 11 is 0. The summed E-state index contributed by atoms with van der Waals surface area (Å²) in [6, 6.07) is 22.7. The van der Waals surface area contributed by atoms with E-state index in [1.54, 1.807) is 12.1 Å². The molecule has 5 rings (SSSR count). The van der Waals surface area contributed by atoms with Gasteiger partial charge in [-0.3, -0.25) is 9.59 Å². The van der Waals surface area contributed by atoms with Gasteiger partial charge in [-0.25, -0.2) is 0 Å². The van der Waals surface area contributed by atoms with E-state index in [4.69, 9.17) is 9.47 Å². The number of rotatable bonds is 7. The molecule has 180 valence electrons. The van der Waals surface area contributed by atoms with Gasteiger partial charge in [0, 0.05) is 31.9 Å². The van der Waals surface area contributed by atoms with Crippen LogP contribution in [0.2, 0.25) is 0 Å². The lowest BCUT2D eigenvalue weighted by molar-refractivity contribution is -0.139. The topological polar surface area (TPSA) is 79.9 Å². The van der Waals surface area contributed by atoms with Crippen LogP contribution in [-0.4, -0.2) is 31.7 Å². The van der Waals surface area contributed by atoms with Crippen molar-refractivity contribution >= 4 is 17.5 Å². The summed E-state index contributed by atoms with van der Waals surface area (Å²) in [4.78, 5) is 26.6. The van der Waals surface area contributed by atoms with Gasteiger partial charge in [-0.15, -0.1) is 0 Å². The Morgan fingerprint density at radius 1 is 0.829 bits per heavy atom. The lowest BCUT2D eigenvalue weighted by Crippen LogP contribution is -2.40. The smallest absolute Gasteiger partial charge is 0.309 e. The van der Waals surface area contributed by atoms with Crippen LogP contribution in [0, 0.1) is 0 Å². The molecule has 7 nitrogen and oxygen atoms in total. The highest BCUT2D eigenvalue weighted by molar-refractivity contribution is 6.35. The number of hydrogen-bond acceptors (Lipinski definition) is 5. The molecule has 35 heavy (non-hydrogen) atoms. The molecule has 2 heterocycles. The molecule has 2 N–H and O–H groups in total. The van der Waals surface area contributed by atoms with Crippen molar-refractivity contribution in [2.45, 2.75) is 32.4 Å². The summed E-state index contributed by atoms with van der Waals surface area (Å²) in [5, 5.41) is 5.34. The summed E-state index contributed by atoms with van der Waals surface area (Å²) in [5.41, 5.74) is 6.14. The lowest BCUT2D eigenvalue weighted by atomic mass is 9.99. The molecule has 0 saturated heterocycles. The van der Waals surface area contributed by atoms with Crippen LogP contribution in [0.5, 0.6) is 11.5 Å². The number of benzene rings is 3. The Morgan fingerprint density at radius 2 is 1.57 bits per heavy atom. The van der Waals surface area contributed by atoms with Crippen LogP contribution in [0.3, 0.4) is 0 Å². The number of anilines is 1. The molecule has 0 spiro atoms. The molecule has 2 aliphatic heterocycles. The van der Waals surface area contributed by atoms with E-state index < -0.39 is 11.8 Å². The number of nitrogens with zero attached hydrogens (tertiary/aromatic N) is 1. The minimum absolute atomic E-state index is 0.200. The van der Waals surface area contributed by atoms with E-state index in [0.29, 0.717) is 18.0 Å². The minimum atomic E-state index is -0.643. The normalized spacial score (nSPS) is 13.8. The number of carbonyl (C=O) groups excluding carboxylic acids is 2. The molecule has 2 aliphatic rings. The highest BCUT2D eigenvalue weighted by Crippen LogP contribution is 2.32. The molecule has 0 bridgehead atoms. The second-order valence-electron chi connectivity index (χ2n) is 8.84. The zero-order chi connectivity index (χ0) is 24.0. The average Bonchev–Trinajstić information content (AvgIpc) is 3.37. The first kappa shape index (κ1) is 22.8. The molecule has 2 amide bonds. The maximum absolute atomic E-state index is 12.1. The van der Waals surface area contributed by atoms with Gasteiger partial charge in [0.25, 0.3) is 0 Å². The second-order valence-corrected chi connectivity index (χ2v) is 8.84. The molecule has 0 atom stereocenters.